The fourth-order valence-corrected chi connectivity index (χ4v) is 1.98. The average Bonchev–Trinajstić information content (AvgIpc) is 2.47. The quantitative estimate of drug-likeness (QED) is 0.836. The predicted molar refractivity (Wildman–Crippen MR) is 79.6 cm³/mol. The molecule has 0 unspecified atom stereocenters. The second-order valence-electron chi connectivity index (χ2n) is 4.29. The number of benzene rings is 1. The van der Waals surface area contributed by atoms with Gasteiger partial charge >= 0.3 is 0 Å². The van der Waals surface area contributed by atoms with Gasteiger partial charge in [-0.3, -0.25) is 4.79 Å². The lowest BCUT2D eigenvalue weighted by Gasteiger charge is -2.16. The van der Waals surface area contributed by atoms with Gasteiger partial charge in [-0.2, -0.15) is 0 Å². The summed E-state index contributed by atoms with van der Waals surface area (Å²) in [6, 6.07) is 3.65. The standard InChI is InChI=1S/C14H21ClN2O3/c1-5-17(2)12(18)9-16-8-10-6-7-11(19-3)14(20-4)13(10)15/h6-7,16H,5,8-9H2,1-4H3. The Morgan fingerprint density at radius 2 is 2.05 bits per heavy atom. The van der Waals surface area contributed by atoms with E-state index in [1.807, 2.05) is 13.0 Å². The van der Waals surface area contributed by atoms with Gasteiger partial charge in [0.2, 0.25) is 5.91 Å². The maximum Gasteiger partial charge on any atom is 0.236 e. The summed E-state index contributed by atoms with van der Waals surface area (Å²) in [5, 5.41) is 3.57. The Labute approximate surface area is 124 Å². The Hall–Kier alpha value is -1.46. The zero-order valence-electron chi connectivity index (χ0n) is 12.3. The van der Waals surface area contributed by atoms with Gasteiger partial charge in [-0.25, -0.2) is 0 Å². The summed E-state index contributed by atoms with van der Waals surface area (Å²) >= 11 is 6.26. The Morgan fingerprint density at radius 3 is 2.60 bits per heavy atom. The molecule has 0 heterocycles. The van der Waals surface area contributed by atoms with Crippen molar-refractivity contribution >= 4 is 17.5 Å². The van der Waals surface area contributed by atoms with Gasteiger partial charge in [0.15, 0.2) is 11.5 Å². The number of nitrogens with zero attached hydrogens (tertiary/aromatic N) is 1. The lowest BCUT2D eigenvalue weighted by atomic mass is 10.2. The highest BCUT2D eigenvalue weighted by molar-refractivity contribution is 6.33. The van der Waals surface area contributed by atoms with Crippen LogP contribution in [0.2, 0.25) is 5.02 Å². The molecule has 1 amide bonds. The zero-order chi connectivity index (χ0) is 15.1. The van der Waals surface area contributed by atoms with E-state index < -0.39 is 0 Å². The molecule has 1 N–H and O–H groups in total. The highest BCUT2D eigenvalue weighted by atomic mass is 35.5. The molecule has 20 heavy (non-hydrogen) atoms. The molecule has 0 bridgehead atoms. The zero-order valence-corrected chi connectivity index (χ0v) is 13.1. The van der Waals surface area contributed by atoms with Crippen molar-refractivity contribution in [1.82, 2.24) is 10.2 Å². The van der Waals surface area contributed by atoms with Crippen molar-refractivity contribution in [2.45, 2.75) is 13.5 Å². The fraction of sp³-hybridized carbons (Fsp3) is 0.500. The van der Waals surface area contributed by atoms with Gasteiger partial charge in [-0.15, -0.1) is 0 Å². The molecule has 0 aliphatic carbocycles. The van der Waals surface area contributed by atoms with E-state index >= 15 is 0 Å². The molecule has 0 aliphatic heterocycles. The maximum atomic E-state index is 11.7. The van der Waals surface area contributed by atoms with Crippen molar-refractivity contribution in [3.63, 3.8) is 0 Å². The van der Waals surface area contributed by atoms with Crippen LogP contribution in [0.3, 0.4) is 0 Å². The van der Waals surface area contributed by atoms with Gasteiger partial charge in [0, 0.05) is 20.1 Å². The molecular weight excluding hydrogens is 280 g/mol. The topological polar surface area (TPSA) is 50.8 Å². The van der Waals surface area contributed by atoms with Crippen LogP contribution in [-0.4, -0.2) is 45.2 Å². The number of rotatable bonds is 7. The summed E-state index contributed by atoms with van der Waals surface area (Å²) in [6.45, 7) is 3.39. The minimum Gasteiger partial charge on any atom is -0.493 e. The number of halogens is 1. The second kappa shape index (κ2) is 7.97. The first kappa shape index (κ1) is 16.6. The molecule has 0 spiro atoms. The van der Waals surface area contributed by atoms with Crippen molar-refractivity contribution in [2.24, 2.45) is 0 Å². The largest absolute Gasteiger partial charge is 0.493 e. The summed E-state index contributed by atoms with van der Waals surface area (Å²) in [5.74, 6) is 1.14. The highest BCUT2D eigenvalue weighted by Gasteiger charge is 2.13. The lowest BCUT2D eigenvalue weighted by Crippen LogP contribution is -2.35. The molecule has 0 radical (unpaired) electrons. The van der Waals surface area contributed by atoms with E-state index in [4.69, 9.17) is 21.1 Å². The number of carbonyl (C=O) groups is 1. The molecule has 0 aliphatic rings. The lowest BCUT2D eigenvalue weighted by molar-refractivity contribution is -0.128. The van der Waals surface area contributed by atoms with E-state index in [0.717, 1.165) is 5.56 Å². The summed E-state index contributed by atoms with van der Waals surface area (Å²) in [5.41, 5.74) is 0.858. The molecule has 6 heteroatoms. The van der Waals surface area contributed by atoms with Crippen molar-refractivity contribution in [2.75, 3.05) is 34.4 Å². The number of hydrogen-bond acceptors (Lipinski definition) is 4. The van der Waals surface area contributed by atoms with E-state index in [2.05, 4.69) is 5.32 Å². The van der Waals surface area contributed by atoms with Crippen molar-refractivity contribution in [3.8, 4) is 11.5 Å². The minimum atomic E-state index is 0.0455. The highest BCUT2D eigenvalue weighted by Crippen LogP contribution is 2.37. The summed E-state index contributed by atoms with van der Waals surface area (Å²) in [4.78, 5) is 13.3. The number of amides is 1. The normalized spacial score (nSPS) is 10.2. The first-order chi connectivity index (χ1) is 9.54. The molecule has 0 saturated carbocycles. The number of methoxy groups -OCH3 is 2. The molecule has 0 atom stereocenters. The third kappa shape index (κ3) is 4.02. The molecule has 1 aromatic carbocycles. The van der Waals surface area contributed by atoms with Crippen LogP contribution >= 0.6 is 11.6 Å². The fourth-order valence-electron chi connectivity index (χ4n) is 1.68. The number of likely N-dealkylation sites (N-methyl/N-ethyl adjacent to an activating group) is 1. The predicted octanol–water partition coefficient (Wildman–Crippen LogP) is 1.93. The number of ether oxygens (including phenoxy) is 2. The number of hydrogen-bond donors (Lipinski definition) is 1. The molecule has 0 fully saturated rings. The molecular formula is C14H21ClN2O3. The number of nitrogens with one attached hydrogen (secondary N) is 1. The van der Waals surface area contributed by atoms with Crippen LogP contribution in [0.5, 0.6) is 11.5 Å². The molecule has 1 rings (SSSR count). The van der Waals surface area contributed by atoms with Crippen LogP contribution in [0.1, 0.15) is 12.5 Å². The van der Waals surface area contributed by atoms with Crippen LogP contribution in [0.4, 0.5) is 0 Å². The van der Waals surface area contributed by atoms with Crippen molar-refractivity contribution in [3.05, 3.63) is 22.7 Å². The van der Waals surface area contributed by atoms with Gasteiger partial charge in [0.05, 0.1) is 25.8 Å². The second-order valence-corrected chi connectivity index (χ2v) is 4.66. The van der Waals surface area contributed by atoms with Gasteiger partial charge in [-0.05, 0) is 18.6 Å². The van der Waals surface area contributed by atoms with Crippen LogP contribution in [0.25, 0.3) is 0 Å². The summed E-state index contributed by atoms with van der Waals surface area (Å²) < 4.78 is 10.4. The number of carbonyl (C=O) groups excluding carboxylic acids is 1. The third-order valence-electron chi connectivity index (χ3n) is 3.06. The molecule has 0 aromatic heterocycles. The maximum absolute atomic E-state index is 11.7. The first-order valence-electron chi connectivity index (χ1n) is 6.39. The van der Waals surface area contributed by atoms with E-state index in [1.165, 1.54) is 0 Å². The van der Waals surface area contributed by atoms with E-state index in [0.29, 0.717) is 29.6 Å². The summed E-state index contributed by atoms with van der Waals surface area (Å²) in [7, 11) is 4.87. The Balaban J connectivity index is 2.67. The SMILES string of the molecule is CCN(C)C(=O)CNCc1ccc(OC)c(OC)c1Cl. The smallest absolute Gasteiger partial charge is 0.236 e. The van der Waals surface area contributed by atoms with Crippen LogP contribution in [-0.2, 0) is 11.3 Å². The van der Waals surface area contributed by atoms with Crippen molar-refractivity contribution < 1.29 is 14.3 Å². The van der Waals surface area contributed by atoms with Gasteiger partial charge in [-0.1, -0.05) is 17.7 Å². The van der Waals surface area contributed by atoms with Crippen molar-refractivity contribution in [1.29, 1.82) is 0 Å². The van der Waals surface area contributed by atoms with Crippen LogP contribution in [0, 0.1) is 0 Å². The van der Waals surface area contributed by atoms with Gasteiger partial charge < -0.3 is 19.7 Å². The monoisotopic (exact) mass is 300 g/mol. The third-order valence-corrected chi connectivity index (χ3v) is 3.47. The minimum absolute atomic E-state index is 0.0455. The average molecular weight is 301 g/mol. The Kier molecular flexibility index (Phi) is 6.61. The van der Waals surface area contributed by atoms with Gasteiger partial charge in [0.25, 0.3) is 0 Å². The van der Waals surface area contributed by atoms with E-state index in [9.17, 15) is 4.79 Å². The first-order valence-corrected chi connectivity index (χ1v) is 6.76. The Bertz CT molecular complexity index is 466. The van der Waals surface area contributed by atoms with E-state index in [1.54, 1.807) is 32.2 Å². The van der Waals surface area contributed by atoms with Gasteiger partial charge in [0.1, 0.15) is 0 Å². The van der Waals surface area contributed by atoms with E-state index in [-0.39, 0.29) is 12.5 Å². The molecule has 1 aromatic rings. The van der Waals surface area contributed by atoms with Crippen LogP contribution < -0.4 is 14.8 Å². The van der Waals surface area contributed by atoms with Crippen LogP contribution in [0.15, 0.2) is 12.1 Å². The summed E-state index contributed by atoms with van der Waals surface area (Å²) in [6.07, 6.45) is 0. The molecule has 112 valence electrons. The Morgan fingerprint density at radius 1 is 1.35 bits per heavy atom. The molecule has 0 saturated heterocycles. The molecule has 5 nitrogen and oxygen atoms in total.